The second-order valence-electron chi connectivity index (χ2n) is 11.7. The van der Waals surface area contributed by atoms with E-state index in [2.05, 4.69) is 26.2 Å². The van der Waals surface area contributed by atoms with Crippen LogP contribution in [0.1, 0.15) is 22.8 Å². The van der Waals surface area contributed by atoms with E-state index in [1.165, 1.54) is 16.2 Å². The lowest BCUT2D eigenvalue weighted by Gasteiger charge is -2.43. The number of H-pyrrole nitrogens is 1. The molecular weight excluding hydrogens is 662 g/mol. The fourth-order valence-corrected chi connectivity index (χ4v) is 11.1. The Labute approximate surface area is 269 Å². The Kier molecular flexibility index (Phi) is 6.80. The minimum atomic E-state index is -0.376. The maximum atomic E-state index is 13.9. The summed E-state index contributed by atoms with van der Waals surface area (Å²) in [5.41, 5.74) is 2.28. The molecule has 3 fully saturated rings. The zero-order chi connectivity index (χ0) is 30.1. The number of carbonyl (C=O) groups excluding carboxylic acids is 3. The van der Waals surface area contributed by atoms with E-state index < -0.39 is 0 Å². The molecule has 8 rings (SSSR count). The number of thioether (sulfide) groups is 1. The first-order valence-electron chi connectivity index (χ1n) is 14.5. The molecule has 8 nitrogen and oxygen atoms in total. The average molecular weight is 689 g/mol. The molecule has 4 unspecified atom stereocenters. The highest BCUT2D eigenvalue weighted by atomic mass is 79.9. The van der Waals surface area contributed by atoms with E-state index in [4.69, 9.17) is 4.74 Å². The molecular formula is C33H26BrN3O5S2. The van der Waals surface area contributed by atoms with Crippen LogP contribution in [0.5, 0.6) is 5.75 Å². The molecule has 2 saturated carbocycles. The summed E-state index contributed by atoms with van der Waals surface area (Å²) in [5.74, 6) is -0.681. The number of ether oxygens (including phenoxy) is 1. The molecule has 1 aromatic heterocycles. The Morgan fingerprint density at radius 2 is 1.70 bits per heavy atom. The van der Waals surface area contributed by atoms with Gasteiger partial charge in [0, 0.05) is 26.2 Å². The molecule has 7 atom stereocenters. The number of halogens is 1. The van der Waals surface area contributed by atoms with Crippen molar-refractivity contribution in [1.82, 2.24) is 4.98 Å². The van der Waals surface area contributed by atoms with Gasteiger partial charge < -0.3 is 15.0 Å². The predicted molar refractivity (Wildman–Crippen MR) is 172 cm³/mol. The number of anilines is 2. The molecule has 1 saturated heterocycles. The Hall–Kier alpha value is -3.67. The number of hydrogen-bond acceptors (Lipinski definition) is 7. The van der Waals surface area contributed by atoms with Crippen molar-refractivity contribution in [1.29, 1.82) is 0 Å². The zero-order valence-corrected chi connectivity index (χ0v) is 26.4. The predicted octanol–water partition coefficient (Wildman–Crippen LogP) is 5.89. The Bertz CT molecular complexity index is 1860. The summed E-state index contributed by atoms with van der Waals surface area (Å²) in [4.78, 5) is 58.2. The van der Waals surface area contributed by atoms with E-state index in [9.17, 15) is 19.2 Å². The van der Waals surface area contributed by atoms with Gasteiger partial charge in [-0.3, -0.25) is 24.1 Å². The summed E-state index contributed by atoms with van der Waals surface area (Å²) in [5, 5.41) is 3.77. The van der Waals surface area contributed by atoms with Crippen LogP contribution in [0.4, 0.5) is 11.4 Å². The number of nitrogens with one attached hydrogen (secondary N) is 2. The Morgan fingerprint density at radius 3 is 2.48 bits per heavy atom. The molecule has 2 aliphatic carbocycles. The van der Waals surface area contributed by atoms with Crippen molar-refractivity contribution in [3.05, 3.63) is 103 Å². The Balaban J connectivity index is 1.10. The topological polar surface area (TPSA) is 109 Å². The second-order valence-corrected chi connectivity index (χ2v) is 14.8. The van der Waals surface area contributed by atoms with E-state index in [1.807, 2.05) is 66.7 Å². The SMILES string of the molecule is O=C(COc1cccc([C@H]2c3sc(=O)[nH]c3SC3C2[C@H]2C[C@@H]3C3C(=O)N(c4ccc(Br)cc4)C(=O)C32)c1)Nc1ccccc1. The number of benzene rings is 3. The molecule has 0 spiro atoms. The highest BCUT2D eigenvalue weighted by Gasteiger charge is 2.69. The first kappa shape index (κ1) is 27.8. The lowest BCUT2D eigenvalue weighted by molar-refractivity contribution is -0.123. The number of nitrogens with zero attached hydrogens (tertiary/aromatic N) is 1. The lowest BCUT2D eigenvalue weighted by Crippen LogP contribution is -2.42. The maximum Gasteiger partial charge on any atom is 0.305 e. The molecule has 0 radical (unpaired) electrons. The summed E-state index contributed by atoms with van der Waals surface area (Å²) in [6.07, 6.45) is 0.814. The van der Waals surface area contributed by atoms with Crippen LogP contribution in [0.15, 0.2) is 93.2 Å². The van der Waals surface area contributed by atoms with Gasteiger partial charge in [-0.15, -0.1) is 11.8 Å². The monoisotopic (exact) mass is 687 g/mol. The molecule has 2 N–H and O–H groups in total. The van der Waals surface area contributed by atoms with Gasteiger partial charge in [-0.1, -0.05) is 57.6 Å². The van der Waals surface area contributed by atoms with Crippen LogP contribution in [0, 0.1) is 29.6 Å². The molecule has 44 heavy (non-hydrogen) atoms. The van der Waals surface area contributed by atoms with Gasteiger partial charge in [0.1, 0.15) is 5.75 Å². The first-order chi connectivity index (χ1) is 21.4. The number of para-hydroxylation sites is 1. The minimum Gasteiger partial charge on any atom is -0.484 e. The molecule has 2 bridgehead atoms. The number of hydrogen-bond donors (Lipinski definition) is 2. The van der Waals surface area contributed by atoms with Crippen LogP contribution in [0.2, 0.25) is 0 Å². The molecule has 11 heteroatoms. The number of rotatable bonds is 6. The molecule has 222 valence electrons. The number of imide groups is 1. The summed E-state index contributed by atoms with van der Waals surface area (Å²) >= 11 is 6.32. The standard InChI is InChI=1S/C33H26BrN3O5S2/c34-17-9-11-19(12-10-17)37-31(39)26-21-14-22(27(26)32(37)40)28-25(21)24(29-30(43-28)36-33(41)44-29)16-5-4-8-20(13-16)42-15-23(38)35-18-6-2-1-3-7-18/h1-13,21-22,24-28H,14-15H2,(H,35,38)(H,36,41)/t21-,22-,24-,25?,26?,27?,28?/m1/s1. The van der Waals surface area contributed by atoms with Crippen molar-refractivity contribution in [3.8, 4) is 5.75 Å². The third-order valence-corrected chi connectivity index (χ3v) is 12.6. The lowest BCUT2D eigenvalue weighted by atomic mass is 9.68. The smallest absolute Gasteiger partial charge is 0.305 e. The van der Waals surface area contributed by atoms with Crippen molar-refractivity contribution in [2.24, 2.45) is 29.6 Å². The Morgan fingerprint density at radius 1 is 0.955 bits per heavy atom. The number of carbonyl (C=O) groups is 3. The van der Waals surface area contributed by atoms with E-state index in [0.29, 0.717) is 17.1 Å². The third-order valence-electron chi connectivity index (χ3n) is 9.45. The summed E-state index contributed by atoms with van der Waals surface area (Å²) in [6.45, 7) is -0.148. The zero-order valence-electron chi connectivity index (χ0n) is 23.1. The van der Waals surface area contributed by atoms with Crippen LogP contribution in [0.25, 0.3) is 0 Å². The van der Waals surface area contributed by atoms with E-state index >= 15 is 0 Å². The molecule has 2 aliphatic heterocycles. The van der Waals surface area contributed by atoms with Gasteiger partial charge in [0.25, 0.3) is 5.91 Å². The van der Waals surface area contributed by atoms with Crippen LogP contribution in [-0.2, 0) is 14.4 Å². The quantitative estimate of drug-likeness (QED) is 0.245. The third kappa shape index (κ3) is 4.47. The summed E-state index contributed by atoms with van der Waals surface area (Å²) in [6, 6.07) is 24.2. The number of aromatic nitrogens is 1. The molecule has 3 heterocycles. The van der Waals surface area contributed by atoms with E-state index in [0.717, 1.165) is 26.4 Å². The normalized spacial score (nSPS) is 28.0. The highest BCUT2D eigenvalue weighted by Crippen LogP contribution is 2.68. The largest absolute Gasteiger partial charge is 0.484 e. The van der Waals surface area contributed by atoms with Crippen molar-refractivity contribution in [2.45, 2.75) is 22.6 Å². The van der Waals surface area contributed by atoms with Gasteiger partial charge in [-0.25, -0.2) is 0 Å². The molecule has 3 amide bonds. The number of thiazole rings is 1. The molecule has 4 aromatic rings. The van der Waals surface area contributed by atoms with E-state index in [1.54, 1.807) is 23.9 Å². The number of amides is 3. The van der Waals surface area contributed by atoms with Gasteiger partial charge >= 0.3 is 4.87 Å². The van der Waals surface area contributed by atoms with Gasteiger partial charge in [0.2, 0.25) is 11.8 Å². The molecule has 4 aliphatic rings. The molecule has 3 aromatic carbocycles. The van der Waals surface area contributed by atoms with E-state index in [-0.39, 0.29) is 70.0 Å². The van der Waals surface area contributed by atoms with Gasteiger partial charge in [0.05, 0.1) is 22.5 Å². The van der Waals surface area contributed by atoms with Crippen molar-refractivity contribution in [3.63, 3.8) is 0 Å². The summed E-state index contributed by atoms with van der Waals surface area (Å²) in [7, 11) is 0. The van der Waals surface area contributed by atoms with Gasteiger partial charge in [-0.2, -0.15) is 0 Å². The van der Waals surface area contributed by atoms with Crippen molar-refractivity contribution >= 4 is 68.1 Å². The van der Waals surface area contributed by atoms with Crippen LogP contribution >= 0.6 is 39.0 Å². The maximum absolute atomic E-state index is 13.9. The van der Waals surface area contributed by atoms with Crippen molar-refractivity contribution in [2.75, 3.05) is 16.8 Å². The van der Waals surface area contributed by atoms with Crippen molar-refractivity contribution < 1.29 is 19.1 Å². The van der Waals surface area contributed by atoms with Crippen LogP contribution in [0.3, 0.4) is 0 Å². The van der Waals surface area contributed by atoms with Crippen LogP contribution in [-0.4, -0.2) is 34.6 Å². The first-order valence-corrected chi connectivity index (χ1v) is 17.0. The average Bonchev–Trinajstić information content (AvgIpc) is 3.76. The van der Waals surface area contributed by atoms with Crippen LogP contribution < -0.4 is 19.8 Å². The van der Waals surface area contributed by atoms with Gasteiger partial charge in [-0.05, 0) is 78.3 Å². The second kappa shape index (κ2) is 10.7. The fraction of sp³-hybridized carbons (Fsp3) is 0.273. The minimum absolute atomic E-state index is 0.0102. The van der Waals surface area contributed by atoms with Gasteiger partial charge in [0.15, 0.2) is 6.61 Å². The summed E-state index contributed by atoms with van der Waals surface area (Å²) < 4.78 is 6.80. The number of fused-ring (bicyclic) bond motifs is 9. The number of aromatic amines is 1. The fourth-order valence-electron chi connectivity index (χ4n) is 7.90. The highest BCUT2D eigenvalue weighted by molar-refractivity contribution is 9.10.